The maximum Gasteiger partial charge on any atom is 0.115 e. The highest BCUT2D eigenvalue weighted by Gasteiger charge is 2.46. The molecule has 0 N–H and O–H groups in total. The van der Waals surface area contributed by atoms with Crippen molar-refractivity contribution in [3.05, 3.63) is 11.1 Å². The van der Waals surface area contributed by atoms with Gasteiger partial charge in [0.2, 0.25) is 0 Å². The van der Waals surface area contributed by atoms with Crippen molar-refractivity contribution < 1.29 is 0 Å². The maximum atomic E-state index is 3.97. The van der Waals surface area contributed by atoms with Gasteiger partial charge in [-0.1, -0.05) is 48.7 Å². The van der Waals surface area contributed by atoms with Crippen molar-refractivity contribution in [3.63, 3.8) is 0 Å². The number of hydrogen-bond acceptors (Lipinski definition) is 1. The summed E-state index contributed by atoms with van der Waals surface area (Å²) in [6.45, 7) is 15.0. The van der Waals surface area contributed by atoms with Gasteiger partial charge in [0.1, 0.15) is 16.5 Å². The lowest BCUT2D eigenvalue weighted by atomic mass is 10.7. The second-order valence-electron chi connectivity index (χ2n) is 5.23. The smallest absolute Gasteiger partial charge is 0.115 e. The highest BCUT2D eigenvalue weighted by Crippen LogP contribution is 2.37. The lowest BCUT2D eigenvalue weighted by molar-refractivity contribution is 0.699. The van der Waals surface area contributed by atoms with Crippen LogP contribution in [0.25, 0.3) is 0 Å². The summed E-state index contributed by atoms with van der Waals surface area (Å²) in [5.74, 6) is 0. The van der Waals surface area contributed by atoms with Gasteiger partial charge in [-0.3, -0.25) is 0 Å². The molecule has 0 spiro atoms. The minimum atomic E-state index is -1.06. The van der Waals surface area contributed by atoms with E-state index in [0.29, 0.717) is 0 Å². The van der Waals surface area contributed by atoms with E-state index in [9.17, 15) is 0 Å². The zero-order valence-electron chi connectivity index (χ0n) is 9.15. The summed E-state index contributed by atoms with van der Waals surface area (Å²) in [5.41, 5.74) is 0. The summed E-state index contributed by atoms with van der Waals surface area (Å²) < 4.78 is 3.97. The molecule has 1 heterocycles. The van der Waals surface area contributed by atoms with Gasteiger partial charge in [-0.25, -0.2) is 0 Å². The summed E-state index contributed by atoms with van der Waals surface area (Å²) in [5, 5.41) is 0. The zero-order chi connectivity index (χ0) is 10.3. The van der Waals surface area contributed by atoms with Gasteiger partial charge >= 0.3 is 0 Å². The molecule has 1 saturated heterocycles. The van der Waals surface area contributed by atoms with Crippen molar-refractivity contribution in [2.45, 2.75) is 38.3 Å². The summed E-state index contributed by atoms with van der Waals surface area (Å²) in [7, 11) is -2.13. The third kappa shape index (κ3) is 2.55. The van der Waals surface area contributed by atoms with Gasteiger partial charge < -0.3 is 4.23 Å². The fourth-order valence-electron chi connectivity index (χ4n) is 2.30. The molecule has 0 atom stereocenters. The summed E-state index contributed by atoms with van der Waals surface area (Å²) in [6.07, 6.45) is 0. The van der Waals surface area contributed by atoms with E-state index < -0.39 is 16.5 Å². The second kappa shape index (κ2) is 3.64. The molecule has 1 aliphatic rings. The Morgan fingerprint density at radius 3 is 1.92 bits per heavy atom. The first kappa shape index (κ1) is 11.7. The lowest BCUT2D eigenvalue weighted by Gasteiger charge is -2.38. The van der Waals surface area contributed by atoms with Crippen LogP contribution in [-0.4, -0.2) is 27.2 Å². The molecule has 1 rings (SSSR count). The number of halogens is 1. The Morgan fingerprint density at radius 1 is 1.23 bits per heavy atom. The minimum Gasteiger partial charge on any atom is -0.341 e. The number of nitrogens with zero attached hydrogens (tertiary/aromatic N) is 1. The molecule has 4 heteroatoms. The van der Waals surface area contributed by atoms with Gasteiger partial charge in [0, 0.05) is 11.0 Å². The highest BCUT2D eigenvalue weighted by molar-refractivity contribution is 9.11. The first-order valence-electron chi connectivity index (χ1n) is 4.87. The fourth-order valence-corrected chi connectivity index (χ4v) is 16.9. The summed E-state index contributed by atoms with van der Waals surface area (Å²) in [6, 6.07) is 2.96. The molecule has 1 fully saturated rings. The lowest BCUT2D eigenvalue weighted by Crippen LogP contribution is -2.55. The fraction of sp³-hybridized carbons (Fsp3) is 0.778. The van der Waals surface area contributed by atoms with Crippen LogP contribution in [-0.2, 0) is 0 Å². The molecule has 0 saturated carbocycles. The van der Waals surface area contributed by atoms with E-state index in [1.807, 2.05) is 0 Å². The van der Waals surface area contributed by atoms with E-state index in [-0.39, 0.29) is 0 Å². The second-order valence-corrected chi connectivity index (χ2v) is 16.1. The molecule has 0 aromatic rings. The Labute approximate surface area is 92.5 Å². The van der Waals surface area contributed by atoms with Crippen LogP contribution in [0, 0.1) is 0 Å². The Bertz CT molecular complexity index is 210. The summed E-state index contributed by atoms with van der Waals surface area (Å²) >= 11 is 3.50. The van der Waals surface area contributed by atoms with Crippen LogP contribution in [0.4, 0.5) is 0 Å². The predicted octanol–water partition coefficient (Wildman–Crippen LogP) is 3.62. The molecular weight excluding hydrogens is 258 g/mol. The van der Waals surface area contributed by atoms with Gasteiger partial charge in [-0.15, -0.1) is 0 Å². The van der Waals surface area contributed by atoms with Crippen molar-refractivity contribution in [2.24, 2.45) is 0 Å². The maximum absolute atomic E-state index is 3.97. The van der Waals surface area contributed by atoms with E-state index >= 15 is 0 Å². The molecule has 1 nitrogen and oxygen atoms in total. The average molecular weight is 278 g/mol. The summed E-state index contributed by atoms with van der Waals surface area (Å²) in [4.78, 5) is 0. The molecule has 13 heavy (non-hydrogen) atoms. The third-order valence-electron chi connectivity index (χ3n) is 3.14. The Kier molecular flexibility index (Phi) is 3.27. The Morgan fingerprint density at radius 2 is 1.62 bits per heavy atom. The van der Waals surface area contributed by atoms with Crippen molar-refractivity contribution in [2.75, 3.05) is 6.54 Å². The van der Waals surface area contributed by atoms with Crippen LogP contribution in [0.15, 0.2) is 11.1 Å². The number of hydrogen-bond donors (Lipinski definition) is 0. The quantitative estimate of drug-likeness (QED) is 0.697. The van der Waals surface area contributed by atoms with Crippen molar-refractivity contribution in [3.8, 4) is 0 Å². The first-order chi connectivity index (χ1) is 5.76. The van der Waals surface area contributed by atoms with Gasteiger partial charge in [0.25, 0.3) is 0 Å². The molecule has 0 radical (unpaired) electrons. The first-order valence-corrected chi connectivity index (χ1v) is 12.0. The van der Waals surface area contributed by atoms with Crippen LogP contribution in [0.3, 0.4) is 0 Å². The van der Waals surface area contributed by atoms with E-state index in [1.165, 1.54) is 12.1 Å². The van der Waals surface area contributed by atoms with Gasteiger partial charge in [0.05, 0.1) is 0 Å². The molecule has 1 aliphatic heterocycles. The molecule has 0 aromatic carbocycles. The van der Waals surface area contributed by atoms with Crippen LogP contribution in [0.5, 0.6) is 0 Å². The van der Waals surface area contributed by atoms with Crippen molar-refractivity contribution in [1.82, 2.24) is 4.23 Å². The van der Waals surface area contributed by atoms with E-state index in [0.717, 1.165) is 11.0 Å². The molecule has 0 bridgehead atoms. The van der Waals surface area contributed by atoms with Crippen LogP contribution in [0.2, 0.25) is 38.3 Å². The molecule has 0 aliphatic carbocycles. The van der Waals surface area contributed by atoms with Gasteiger partial charge in [0.15, 0.2) is 0 Å². The molecule has 76 valence electrons. The largest absolute Gasteiger partial charge is 0.341 e. The standard InChI is InChI=1S/C9H20BrNSi2/c1-9(10)8-11-12(2,3)6-7-13(11,4)5/h1,6-8H2,2-5H3. The molecular formula is C9H20BrNSi2. The van der Waals surface area contributed by atoms with Gasteiger partial charge in [-0.05, 0) is 12.1 Å². The average Bonchev–Trinajstić information content (AvgIpc) is 2.12. The predicted molar refractivity (Wildman–Crippen MR) is 69.4 cm³/mol. The number of rotatable bonds is 2. The van der Waals surface area contributed by atoms with E-state index in [2.05, 4.69) is 52.9 Å². The molecule has 0 aromatic heterocycles. The normalized spacial score (nSPS) is 26.2. The van der Waals surface area contributed by atoms with Crippen molar-refractivity contribution in [1.29, 1.82) is 0 Å². The topological polar surface area (TPSA) is 3.24 Å². The van der Waals surface area contributed by atoms with E-state index in [4.69, 9.17) is 0 Å². The Hall–Kier alpha value is 0.614. The van der Waals surface area contributed by atoms with Crippen molar-refractivity contribution >= 4 is 32.4 Å². The van der Waals surface area contributed by atoms with Crippen LogP contribution < -0.4 is 0 Å². The highest BCUT2D eigenvalue weighted by atomic mass is 79.9. The van der Waals surface area contributed by atoms with Crippen LogP contribution >= 0.6 is 15.9 Å². The minimum absolute atomic E-state index is 1.06. The Balaban J connectivity index is 2.81. The van der Waals surface area contributed by atoms with Crippen LogP contribution in [0.1, 0.15) is 0 Å². The monoisotopic (exact) mass is 277 g/mol. The molecule has 0 unspecified atom stereocenters. The van der Waals surface area contributed by atoms with E-state index in [1.54, 1.807) is 0 Å². The third-order valence-corrected chi connectivity index (χ3v) is 13.7. The molecule has 0 amide bonds. The SMILES string of the molecule is C=C(Br)CN1[Si](C)(C)CC[Si]1(C)C. The zero-order valence-corrected chi connectivity index (χ0v) is 12.7. The van der Waals surface area contributed by atoms with Gasteiger partial charge in [-0.2, -0.15) is 0 Å².